The Bertz CT molecular complexity index is 1900. The van der Waals surface area contributed by atoms with Crippen LogP contribution in [0.3, 0.4) is 0 Å². The van der Waals surface area contributed by atoms with Crippen molar-refractivity contribution in [2.45, 2.75) is 24.8 Å². The summed E-state index contributed by atoms with van der Waals surface area (Å²) in [5.74, 6) is -2.09. The fraction of sp³-hybridized carbons (Fsp3) is 0.273. The number of halogens is 3. The first kappa shape index (κ1) is 41.1. The van der Waals surface area contributed by atoms with Gasteiger partial charge in [-0.2, -0.15) is 4.31 Å². The Balaban J connectivity index is 0.000000281. The molecule has 0 fully saturated rings. The number of methoxy groups -OCH3 is 2. The van der Waals surface area contributed by atoms with Gasteiger partial charge in [0.25, 0.3) is 0 Å². The summed E-state index contributed by atoms with van der Waals surface area (Å²) in [7, 11) is -3.97. The summed E-state index contributed by atoms with van der Waals surface area (Å²) in [6.07, 6.45) is 6.01. The molecule has 0 saturated heterocycles. The van der Waals surface area contributed by atoms with E-state index in [0.717, 1.165) is 22.3 Å². The summed E-state index contributed by atoms with van der Waals surface area (Å²) in [6, 6.07) is 18.7. The Morgan fingerprint density at radius 2 is 1.22 bits per heavy atom. The molecule has 16 heteroatoms. The SMILES string of the molecule is COC(=O)c1ccc(CBr)c(F)c1.COC(=O)c1ccc(CN(Cc2ccccn2)S(C)(=O)=O)c(F)c1.CS(=O)(=O)CCc1ccccn1. The molecule has 0 amide bonds. The first-order chi connectivity index (χ1) is 23.1. The predicted molar refractivity (Wildman–Crippen MR) is 184 cm³/mol. The van der Waals surface area contributed by atoms with E-state index in [-0.39, 0.29) is 35.5 Å². The van der Waals surface area contributed by atoms with E-state index in [1.165, 1.54) is 44.7 Å². The molecule has 0 N–H and O–H groups in total. The van der Waals surface area contributed by atoms with Gasteiger partial charge in [-0.05, 0) is 54.1 Å². The van der Waals surface area contributed by atoms with Gasteiger partial charge >= 0.3 is 11.9 Å². The van der Waals surface area contributed by atoms with E-state index in [4.69, 9.17) is 0 Å². The van der Waals surface area contributed by atoms with Crippen molar-refractivity contribution in [3.8, 4) is 0 Å². The average molecular weight is 785 g/mol. The van der Waals surface area contributed by atoms with Crippen molar-refractivity contribution in [3.05, 3.63) is 130 Å². The molecule has 0 radical (unpaired) electrons. The largest absolute Gasteiger partial charge is 0.465 e. The van der Waals surface area contributed by atoms with E-state index >= 15 is 0 Å². The number of carbonyl (C=O) groups excluding carboxylic acids is 2. The van der Waals surface area contributed by atoms with Crippen molar-refractivity contribution in [1.82, 2.24) is 14.3 Å². The Kier molecular flexibility index (Phi) is 16.6. The standard InChI is InChI=1S/C16H17FN2O4S.C9H8BrFO2.C8H11NO2S/c1-23-16(20)12-6-7-13(15(17)9-12)10-19(24(2,21)22)11-14-5-3-4-8-18-14;1-13-9(12)6-2-3-7(5-10)8(11)4-6;1-12(10,11)7-5-8-4-2-3-6-9-8/h3-9H,10-11H2,1-2H3;2-4H,5H2,1H3;2-4,6H,5,7H2,1H3. The van der Waals surface area contributed by atoms with Crippen molar-refractivity contribution in [3.63, 3.8) is 0 Å². The van der Waals surface area contributed by atoms with Crippen LogP contribution in [0, 0.1) is 11.6 Å². The number of alkyl halides is 1. The molecule has 2 heterocycles. The Morgan fingerprint density at radius 3 is 1.61 bits per heavy atom. The van der Waals surface area contributed by atoms with Gasteiger partial charge in [0.05, 0.1) is 49.6 Å². The third-order valence-corrected chi connectivity index (χ3v) is 9.17. The van der Waals surface area contributed by atoms with E-state index in [0.29, 0.717) is 23.0 Å². The maximum absolute atomic E-state index is 14.2. The van der Waals surface area contributed by atoms with Gasteiger partial charge in [-0.3, -0.25) is 9.97 Å². The molecule has 0 aliphatic rings. The number of hydrogen-bond donors (Lipinski definition) is 0. The Morgan fingerprint density at radius 1 is 0.735 bits per heavy atom. The second-order valence-electron chi connectivity index (χ2n) is 10.3. The molecule has 2 aromatic heterocycles. The zero-order valence-corrected chi connectivity index (χ0v) is 30.4. The number of hydrogen-bond acceptors (Lipinski definition) is 10. The zero-order chi connectivity index (χ0) is 36.6. The number of nitrogens with zero attached hydrogens (tertiary/aromatic N) is 3. The molecule has 264 valence electrons. The highest BCUT2D eigenvalue weighted by Gasteiger charge is 2.20. The number of pyridine rings is 2. The molecule has 0 aliphatic carbocycles. The highest BCUT2D eigenvalue weighted by atomic mass is 79.9. The summed E-state index contributed by atoms with van der Waals surface area (Å²) < 4.78 is 82.9. The van der Waals surface area contributed by atoms with Crippen LogP contribution in [-0.2, 0) is 54.2 Å². The van der Waals surface area contributed by atoms with Crippen LogP contribution in [0.5, 0.6) is 0 Å². The number of benzene rings is 2. The molecule has 4 aromatic rings. The molecule has 0 aliphatic heterocycles. The van der Waals surface area contributed by atoms with Crippen LogP contribution >= 0.6 is 15.9 Å². The van der Waals surface area contributed by atoms with Gasteiger partial charge in [0.1, 0.15) is 21.5 Å². The van der Waals surface area contributed by atoms with E-state index in [1.54, 1.807) is 36.7 Å². The van der Waals surface area contributed by atoms with Gasteiger partial charge in [-0.15, -0.1) is 0 Å². The lowest BCUT2D eigenvalue weighted by molar-refractivity contribution is 0.0591. The van der Waals surface area contributed by atoms with Crippen molar-refractivity contribution in [2.75, 3.05) is 32.5 Å². The van der Waals surface area contributed by atoms with Gasteiger partial charge in [-0.1, -0.05) is 40.2 Å². The molecule has 49 heavy (non-hydrogen) atoms. The number of carbonyl (C=O) groups is 2. The summed E-state index contributed by atoms with van der Waals surface area (Å²) in [5, 5.41) is 0.431. The average Bonchev–Trinajstić information content (AvgIpc) is 3.07. The molecular formula is C33H36BrF2N3O8S2. The minimum atomic E-state index is -3.57. The zero-order valence-electron chi connectivity index (χ0n) is 27.2. The van der Waals surface area contributed by atoms with Crippen LogP contribution in [-0.4, -0.2) is 75.5 Å². The number of aromatic nitrogens is 2. The number of sulfonamides is 1. The lowest BCUT2D eigenvalue weighted by atomic mass is 10.1. The van der Waals surface area contributed by atoms with Crippen LogP contribution < -0.4 is 0 Å². The van der Waals surface area contributed by atoms with Crippen LogP contribution in [0.1, 0.15) is 43.2 Å². The highest BCUT2D eigenvalue weighted by Crippen LogP contribution is 2.17. The smallest absolute Gasteiger partial charge is 0.337 e. The number of sulfone groups is 1. The summed E-state index contributed by atoms with van der Waals surface area (Å²) in [4.78, 5) is 30.5. The van der Waals surface area contributed by atoms with Crippen LogP contribution in [0.25, 0.3) is 0 Å². The fourth-order valence-corrected chi connectivity index (χ4v) is 5.58. The van der Waals surface area contributed by atoms with E-state index in [2.05, 4.69) is 35.4 Å². The number of rotatable bonds is 11. The monoisotopic (exact) mass is 783 g/mol. The van der Waals surface area contributed by atoms with Gasteiger partial charge in [0, 0.05) is 48.2 Å². The first-order valence-electron chi connectivity index (χ1n) is 14.3. The predicted octanol–water partition coefficient (Wildman–Crippen LogP) is 5.15. The molecule has 0 bridgehead atoms. The van der Waals surface area contributed by atoms with Crippen LogP contribution in [0.4, 0.5) is 8.78 Å². The maximum atomic E-state index is 14.2. The van der Waals surface area contributed by atoms with Gasteiger partial charge in [-0.25, -0.2) is 35.2 Å². The van der Waals surface area contributed by atoms with Crippen LogP contribution in [0.15, 0.2) is 85.2 Å². The van der Waals surface area contributed by atoms with Crippen molar-refractivity contribution < 1.29 is 44.7 Å². The topological polar surface area (TPSA) is 150 Å². The molecule has 2 aromatic carbocycles. The molecule has 11 nitrogen and oxygen atoms in total. The maximum Gasteiger partial charge on any atom is 0.337 e. The van der Waals surface area contributed by atoms with E-state index in [9.17, 15) is 35.2 Å². The Labute approximate surface area is 293 Å². The lowest BCUT2D eigenvalue weighted by Crippen LogP contribution is -2.29. The van der Waals surface area contributed by atoms with Crippen molar-refractivity contribution in [1.29, 1.82) is 0 Å². The first-order valence-corrected chi connectivity index (χ1v) is 19.3. The molecular weight excluding hydrogens is 748 g/mol. The summed E-state index contributed by atoms with van der Waals surface area (Å²) in [6.45, 7) is -0.138. The van der Waals surface area contributed by atoms with Gasteiger partial charge < -0.3 is 9.47 Å². The Hall–Kier alpha value is -4.12. The highest BCUT2D eigenvalue weighted by molar-refractivity contribution is 9.08. The molecule has 0 unspecified atom stereocenters. The second kappa shape index (κ2) is 19.8. The molecule has 0 spiro atoms. The number of aryl methyl sites for hydroxylation is 1. The number of esters is 2. The van der Waals surface area contributed by atoms with Crippen molar-refractivity contribution >= 4 is 47.7 Å². The third kappa shape index (κ3) is 14.9. The molecule has 0 saturated carbocycles. The van der Waals surface area contributed by atoms with E-state index < -0.39 is 43.4 Å². The number of ether oxygens (including phenoxy) is 2. The minimum absolute atomic E-state index is 0.0257. The lowest BCUT2D eigenvalue weighted by Gasteiger charge is -2.20. The quantitative estimate of drug-likeness (QED) is 0.148. The van der Waals surface area contributed by atoms with Gasteiger partial charge in [0.15, 0.2) is 0 Å². The van der Waals surface area contributed by atoms with Crippen molar-refractivity contribution in [2.24, 2.45) is 0 Å². The van der Waals surface area contributed by atoms with Gasteiger partial charge in [0.2, 0.25) is 10.0 Å². The minimum Gasteiger partial charge on any atom is -0.465 e. The second-order valence-corrected chi connectivity index (χ2v) is 15.1. The fourth-order valence-electron chi connectivity index (χ4n) is 3.81. The summed E-state index contributed by atoms with van der Waals surface area (Å²) in [5.41, 5.74) is 2.34. The normalized spacial score (nSPS) is 11.0. The van der Waals surface area contributed by atoms with E-state index in [1.807, 2.05) is 18.2 Å². The summed E-state index contributed by atoms with van der Waals surface area (Å²) >= 11 is 3.13. The molecule has 0 atom stereocenters. The van der Waals surface area contributed by atoms with Crippen LogP contribution in [0.2, 0.25) is 0 Å². The third-order valence-electron chi connectivity index (χ3n) is 6.43. The molecule has 4 rings (SSSR count).